The van der Waals surface area contributed by atoms with Gasteiger partial charge in [-0.3, -0.25) is 9.79 Å². The predicted octanol–water partition coefficient (Wildman–Crippen LogP) is 1.88. The second-order valence-corrected chi connectivity index (χ2v) is 7.20. The highest BCUT2D eigenvalue weighted by molar-refractivity contribution is 5.97. The maximum absolute atomic E-state index is 12.2. The maximum Gasteiger partial charge on any atom is 0.408 e. The van der Waals surface area contributed by atoms with Gasteiger partial charge in [-0.1, -0.05) is 30.3 Å². The number of amidine groups is 1. The Bertz CT molecular complexity index is 706. The molecule has 2 aliphatic heterocycles. The molecule has 0 aromatic heterocycles. The van der Waals surface area contributed by atoms with Crippen LogP contribution in [0.1, 0.15) is 25.8 Å². The molecule has 1 saturated heterocycles. The van der Waals surface area contributed by atoms with Gasteiger partial charge in [-0.15, -0.1) is 0 Å². The SMILES string of the molecule is C[C@@]1(C(=O)O)CN=C2N(CC[C@@]2(C)NC(=O)OCc2ccccc2)C1. The number of carboxylic acid groups (broad SMARTS) is 1. The number of carboxylic acids is 1. The lowest BCUT2D eigenvalue weighted by molar-refractivity contribution is -0.148. The standard InChI is InChI=1S/C18H23N3O4/c1-17(15(22)23)11-19-14-18(2,8-9-21(14)12-17)20-16(24)25-10-13-6-4-3-5-7-13/h3-7H,8-12H2,1-2H3,(H,20,24)(H,22,23)/t17-,18-/m1/s1. The van der Waals surface area contributed by atoms with E-state index in [0.29, 0.717) is 19.5 Å². The van der Waals surface area contributed by atoms with Gasteiger partial charge >= 0.3 is 12.1 Å². The van der Waals surface area contributed by atoms with Crippen molar-refractivity contribution in [2.75, 3.05) is 19.6 Å². The molecular formula is C18H23N3O4. The van der Waals surface area contributed by atoms with Crippen molar-refractivity contribution in [3.05, 3.63) is 35.9 Å². The highest BCUT2D eigenvalue weighted by Gasteiger charge is 2.48. The van der Waals surface area contributed by atoms with Gasteiger partial charge in [0.2, 0.25) is 0 Å². The van der Waals surface area contributed by atoms with E-state index in [4.69, 9.17) is 4.74 Å². The zero-order chi connectivity index (χ0) is 18.1. The van der Waals surface area contributed by atoms with Crippen LogP contribution in [-0.2, 0) is 16.1 Å². The zero-order valence-corrected chi connectivity index (χ0v) is 14.5. The first-order valence-electron chi connectivity index (χ1n) is 8.35. The lowest BCUT2D eigenvalue weighted by Crippen LogP contribution is -2.56. The quantitative estimate of drug-likeness (QED) is 0.869. The van der Waals surface area contributed by atoms with Gasteiger partial charge in [-0.05, 0) is 25.8 Å². The van der Waals surface area contributed by atoms with Crippen molar-refractivity contribution >= 4 is 17.9 Å². The van der Waals surface area contributed by atoms with Crippen LogP contribution in [0.25, 0.3) is 0 Å². The molecule has 25 heavy (non-hydrogen) atoms. The molecule has 0 saturated carbocycles. The summed E-state index contributed by atoms with van der Waals surface area (Å²) in [5.41, 5.74) is -0.598. The molecule has 0 radical (unpaired) electrons. The van der Waals surface area contributed by atoms with Gasteiger partial charge in [0.05, 0.1) is 12.1 Å². The number of hydrogen-bond acceptors (Lipinski definition) is 5. The van der Waals surface area contributed by atoms with E-state index in [-0.39, 0.29) is 13.2 Å². The van der Waals surface area contributed by atoms with E-state index in [1.807, 2.05) is 42.2 Å². The number of nitrogens with one attached hydrogen (secondary N) is 1. The van der Waals surface area contributed by atoms with E-state index >= 15 is 0 Å². The van der Waals surface area contributed by atoms with Crippen molar-refractivity contribution in [1.82, 2.24) is 10.2 Å². The number of nitrogens with zero attached hydrogens (tertiary/aromatic N) is 2. The Morgan fingerprint density at radius 1 is 1.32 bits per heavy atom. The molecule has 7 heteroatoms. The van der Waals surface area contributed by atoms with Crippen LogP contribution in [0, 0.1) is 5.41 Å². The Morgan fingerprint density at radius 3 is 2.72 bits per heavy atom. The topological polar surface area (TPSA) is 91.2 Å². The van der Waals surface area contributed by atoms with Crippen LogP contribution in [0.4, 0.5) is 4.79 Å². The molecule has 2 N–H and O–H groups in total. The average molecular weight is 345 g/mol. The van der Waals surface area contributed by atoms with E-state index < -0.39 is 23.0 Å². The van der Waals surface area contributed by atoms with Gasteiger partial charge in [-0.2, -0.15) is 0 Å². The Kier molecular flexibility index (Phi) is 4.41. The summed E-state index contributed by atoms with van der Waals surface area (Å²) in [4.78, 5) is 30.1. The van der Waals surface area contributed by atoms with Gasteiger partial charge in [0, 0.05) is 13.1 Å². The van der Waals surface area contributed by atoms with Crippen LogP contribution in [0.3, 0.4) is 0 Å². The van der Waals surface area contributed by atoms with E-state index in [0.717, 1.165) is 11.4 Å². The number of alkyl carbamates (subject to hydrolysis) is 1. The molecule has 2 aliphatic rings. The monoisotopic (exact) mass is 345 g/mol. The molecule has 134 valence electrons. The smallest absolute Gasteiger partial charge is 0.408 e. The summed E-state index contributed by atoms with van der Waals surface area (Å²) in [6.45, 7) is 5.08. The Labute approximate surface area is 146 Å². The van der Waals surface area contributed by atoms with E-state index in [1.54, 1.807) is 6.92 Å². The summed E-state index contributed by atoms with van der Waals surface area (Å²) >= 11 is 0. The first-order chi connectivity index (χ1) is 11.8. The normalized spacial score (nSPS) is 28.1. The fourth-order valence-corrected chi connectivity index (χ4v) is 3.31. The third-order valence-electron chi connectivity index (χ3n) is 4.90. The summed E-state index contributed by atoms with van der Waals surface area (Å²) in [5.74, 6) is -0.109. The lowest BCUT2D eigenvalue weighted by atomic mass is 9.88. The highest BCUT2D eigenvalue weighted by Crippen LogP contribution is 2.32. The first kappa shape index (κ1) is 17.3. The fourth-order valence-electron chi connectivity index (χ4n) is 3.31. The van der Waals surface area contributed by atoms with E-state index in [2.05, 4.69) is 10.3 Å². The number of rotatable bonds is 4. The predicted molar refractivity (Wildman–Crippen MR) is 92.4 cm³/mol. The van der Waals surface area contributed by atoms with E-state index in [1.165, 1.54) is 0 Å². The number of carbonyl (C=O) groups excluding carboxylic acids is 1. The van der Waals surface area contributed by atoms with Crippen LogP contribution in [0.15, 0.2) is 35.3 Å². The summed E-state index contributed by atoms with van der Waals surface area (Å²) in [6.07, 6.45) is 0.171. The summed E-state index contributed by atoms with van der Waals surface area (Å²) in [6, 6.07) is 9.48. The summed E-state index contributed by atoms with van der Waals surface area (Å²) in [7, 11) is 0. The van der Waals surface area contributed by atoms with Gasteiger partial charge in [0.25, 0.3) is 0 Å². The third kappa shape index (κ3) is 3.45. The Hall–Kier alpha value is -2.57. The number of amides is 1. The minimum Gasteiger partial charge on any atom is -0.481 e. The number of aliphatic imine (C=N–C) groups is 1. The maximum atomic E-state index is 12.2. The zero-order valence-electron chi connectivity index (χ0n) is 14.5. The van der Waals surface area contributed by atoms with Crippen molar-refractivity contribution < 1.29 is 19.4 Å². The number of ether oxygens (including phenoxy) is 1. The summed E-state index contributed by atoms with van der Waals surface area (Å²) in [5, 5.41) is 12.3. The second kappa shape index (κ2) is 6.38. The lowest BCUT2D eigenvalue weighted by Gasteiger charge is -2.37. The van der Waals surface area contributed by atoms with Crippen molar-refractivity contribution in [2.45, 2.75) is 32.4 Å². The van der Waals surface area contributed by atoms with E-state index in [9.17, 15) is 14.7 Å². The first-order valence-corrected chi connectivity index (χ1v) is 8.35. The molecule has 2 heterocycles. The molecule has 0 spiro atoms. The molecule has 2 atom stereocenters. The second-order valence-electron chi connectivity index (χ2n) is 7.20. The number of fused-ring (bicyclic) bond motifs is 1. The fraction of sp³-hybridized carbons (Fsp3) is 0.500. The van der Waals surface area contributed by atoms with Crippen LogP contribution in [-0.4, -0.2) is 53.1 Å². The van der Waals surface area contributed by atoms with Crippen molar-refractivity contribution in [3.63, 3.8) is 0 Å². The Balaban J connectivity index is 1.63. The highest BCUT2D eigenvalue weighted by atomic mass is 16.5. The summed E-state index contributed by atoms with van der Waals surface area (Å²) < 4.78 is 5.30. The van der Waals surface area contributed by atoms with Crippen LogP contribution < -0.4 is 5.32 Å². The van der Waals surface area contributed by atoms with Crippen LogP contribution >= 0.6 is 0 Å². The molecule has 1 aromatic rings. The van der Waals surface area contributed by atoms with Crippen molar-refractivity contribution in [1.29, 1.82) is 0 Å². The van der Waals surface area contributed by atoms with Crippen LogP contribution in [0.5, 0.6) is 0 Å². The molecular weight excluding hydrogens is 322 g/mol. The molecule has 7 nitrogen and oxygen atoms in total. The molecule has 1 fully saturated rings. The molecule has 3 rings (SSSR count). The number of benzene rings is 1. The molecule has 0 bridgehead atoms. The third-order valence-corrected chi connectivity index (χ3v) is 4.90. The molecule has 0 aliphatic carbocycles. The minimum atomic E-state index is -0.886. The molecule has 1 amide bonds. The van der Waals surface area contributed by atoms with Gasteiger partial charge < -0.3 is 20.1 Å². The van der Waals surface area contributed by atoms with Crippen molar-refractivity contribution in [2.24, 2.45) is 10.4 Å². The largest absolute Gasteiger partial charge is 0.481 e. The molecule has 0 unspecified atom stereocenters. The van der Waals surface area contributed by atoms with Crippen molar-refractivity contribution in [3.8, 4) is 0 Å². The van der Waals surface area contributed by atoms with Gasteiger partial charge in [-0.25, -0.2) is 4.79 Å². The average Bonchev–Trinajstić information content (AvgIpc) is 2.89. The van der Waals surface area contributed by atoms with Crippen LogP contribution in [0.2, 0.25) is 0 Å². The van der Waals surface area contributed by atoms with Gasteiger partial charge in [0.1, 0.15) is 17.9 Å². The number of carbonyl (C=O) groups is 2. The van der Waals surface area contributed by atoms with Gasteiger partial charge in [0.15, 0.2) is 0 Å². The number of aliphatic carboxylic acids is 1. The minimum absolute atomic E-state index is 0.204. The molecule has 1 aromatic carbocycles. The number of hydrogen-bond donors (Lipinski definition) is 2. The Morgan fingerprint density at radius 2 is 2.04 bits per heavy atom.